The van der Waals surface area contributed by atoms with Crippen molar-refractivity contribution in [2.24, 2.45) is 5.73 Å². The van der Waals surface area contributed by atoms with E-state index < -0.39 is 33.2 Å². The second-order valence-corrected chi connectivity index (χ2v) is 5.13. The number of carbonyl (C=O) groups is 2. The summed E-state index contributed by atoms with van der Waals surface area (Å²) in [5.41, 5.74) is 4.99. The van der Waals surface area contributed by atoms with Gasteiger partial charge in [-0.1, -0.05) is 6.92 Å². The molecule has 6 heteroatoms. The first kappa shape index (κ1) is 13.1. The van der Waals surface area contributed by atoms with Gasteiger partial charge in [-0.3, -0.25) is 13.8 Å². The summed E-state index contributed by atoms with van der Waals surface area (Å²) in [6.07, 6.45) is 0.0285. The Morgan fingerprint density at radius 2 is 1.93 bits per heavy atom. The van der Waals surface area contributed by atoms with Crippen molar-refractivity contribution in [1.82, 2.24) is 0 Å². The molecule has 3 unspecified atom stereocenters. The first-order chi connectivity index (χ1) is 6.40. The summed E-state index contributed by atoms with van der Waals surface area (Å²) in [6, 6.07) is 0. The number of primary amides is 1. The Bertz CT molecular complexity index is 254. The highest BCUT2D eigenvalue weighted by atomic mass is 32.2. The van der Waals surface area contributed by atoms with Crippen molar-refractivity contribution in [3.05, 3.63) is 0 Å². The standard InChI is InChI=1S/C8H15NO4S/c1-5(4-7(10)13-3)14(12)6(2)8(9)11/h5-6H,4H2,1-3H3,(H2,9,11). The Labute approximate surface area is 85.4 Å². The molecule has 0 heterocycles. The molecule has 0 rings (SSSR count). The summed E-state index contributed by atoms with van der Waals surface area (Å²) in [5.74, 6) is -1.07. The Hall–Kier alpha value is -0.910. The molecule has 0 aliphatic carbocycles. The van der Waals surface area contributed by atoms with Crippen LogP contribution < -0.4 is 5.73 Å². The minimum absolute atomic E-state index is 0.0285. The molecule has 0 spiro atoms. The van der Waals surface area contributed by atoms with Gasteiger partial charge in [0.05, 0.1) is 13.5 Å². The molecule has 0 saturated carbocycles. The zero-order valence-electron chi connectivity index (χ0n) is 8.48. The summed E-state index contributed by atoms with van der Waals surface area (Å²) >= 11 is 0. The summed E-state index contributed by atoms with van der Waals surface area (Å²) < 4.78 is 16.0. The molecular formula is C8H15NO4S. The van der Waals surface area contributed by atoms with Crippen molar-refractivity contribution in [2.75, 3.05) is 7.11 Å². The molecule has 0 aromatic carbocycles. The van der Waals surface area contributed by atoms with Crippen molar-refractivity contribution in [3.63, 3.8) is 0 Å². The van der Waals surface area contributed by atoms with Crippen LogP contribution in [0.1, 0.15) is 20.3 Å². The van der Waals surface area contributed by atoms with Crippen LogP contribution in [0.5, 0.6) is 0 Å². The molecule has 3 atom stereocenters. The first-order valence-corrected chi connectivity index (χ1v) is 5.43. The predicted molar refractivity (Wildman–Crippen MR) is 52.9 cm³/mol. The normalized spacial score (nSPS) is 16.8. The van der Waals surface area contributed by atoms with Gasteiger partial charge in [-0.05, 0) is 6.92 Å². The van der Waals surface area contributed by atoms with Crippen LogP contribution in [0.15, 0.2) is 0 Å². The molecule has 82 valence electrons. The molecule has 0 radical (unpaired) electrons. The monoisotopic (exact) mass is 221 g/mol. The zero-order chi connectivity index (χ0) is 11.3. The highest BCUT2D eigenvalue weighted by Crippen LogP contribution is 2.08. The van der Waals surface area contributed by atoms with E-state index in [1.54, 1.807) is 6.92 Å². The van der Waals surface area contributed by atoms with Gasteiger partial charge in [0.15, 0.2) is 0 Å². The van der Waals surface area contributed by atoms with E-state index in [2.05, 4.69) is 4.74 Å². The zero-order valence-corrected chi connectivity index (χ0v) is 9.30. The van der Waals surface area contributed by atoms with E-state index in [-0.39, 0.29) is 6.42 Å². The third kappa shape index (κ3) is 3.87. The largest absolute Gasteiger partial charge is 0.469 e. The summed E-state index contributed by atoms with van der Waals surface area (Å²) in [6.45, 7) is 3.10. The lowest BCUT2D eigenvalue weighted by atomic mass is 10.3. The first-order valence-electron chi connectivity index (χ1n) is 4.15. The molecule has 0 saturated heterocycles. The third-order valence-corrected chi connectivity index (χ3v) is 3.72. The van der Waals surface area contributed by atoms with Crippen LogP contribution in [0.2, 0.25) is 0 Å². The molecule has 0 bridgehead atoms. The van der Waals surface area contributed by atoms with Gasteiger partial charge < -0.3 is 10.5 Å². The third-order valence-electron chi connectivity index (χ3n) is 1.83. The van der Waals surface area contributed by atoms with Gasteiger partial charge in [0, 0.05) is 16.0 Å². The van der Waals surface area contributed by atoms with Crippen molar-refractivity contribution in [1.29, 1.82) is 0 Å². The Kier molecular flexibility index (Phi) is 5.37. The van der Waals surface area contributed by atoms with Crippen molar-refractivity contribution >= 4 is 22.7 Å². The lowest BCUT2D eigenvalue weighted by Gasteiger charge is -2.13. The number of rotatable bonds is 5. The van der Waals surface area contributed by atoms with Crippen LogP contribution in [0.4, 0.5) is 0 Å². The maximum Gasteiger partial charge on any atom is 0.306 e. The van der Waals surface area contributed by atoms with E-state index in [4.69, 9.17) is 5.73 Å². The maximum atomic E-state index is 11.5. The second kappa shape index (κ2) is 5.74. The highest BCUT2D eigenvalue weighted by Gasteiger charge is 2.24. The summed E-state index contributed by atoms with van der Waals surface area (Å²) in [4.78, 5) is 21.6. The van der Waals surface area contributed by atoms with Crippen molar-refractivity contribution in [3.8, 4) is 0 Å². The topological polar surface area (TPSA) is 86.5 Å². The Morgan fingerprint density at radius 3 is 2.29 bits per heavy atom. The molecule has 0 aliphatic heterocycles. The van der Waals surface area contributed by atoms with Crippen LogP contribution in [-0.2, 0) is 25.1 Å². The van der Waals surface area contributed by atoms with Gasteiger partial charge in [-0.25, -0.2) is 0 Å². The van der Waals surface area contributed by atoms with Gasteiger partial charge in [0.25, 0.3) is 0 Å². The molecule has 0 aromatic heterocycles. The molecule has 5 nitrogen and oxygen atoms in total. The lowest BCUT2D eigenvalue weighted by molar-refractivity contribution is -0.140. The predicted octanol–water partition coefficient (Wildman–Crippen LogP) is -0.439. The maximum absolute atomic E-state index is 11.5. The highest BCUT2D eigenvalue weighted by molar-refractivity contribution is 7.87. The number of hydrogen-bond donors (Lipinski definition) is 1. The van der Waals surface area contributed by atoms with E-state index in [0.717, 1.165) is 0 Å². The number of methoxy groups -OCH3 is 1. The molecule has 0 aliphatic rings. The molecule has 14 heavy (non-hydrogen) atoms. The minimum Gasteiger partial charge on any atom is -0.469 e. The Morgan fingerprint density at radius 1 is 1.43 bits per heavy atom. The van der Waals surface area contributed by atoms with E-state index in [1.807, 2.05) is 0 Å². The smallest absolute Gasteiger partial charge is 0.306 e. The van der Waals surface area contributed by atoms with Crippen LogP contribution >= 0.6 is 0 Å². The molecule has 2 N–H and O–H groups in total. The van der Waals surface area contributed by atoms with Crippen LogP contribution in [0, 0.1) is 0 Å². The van der Waals surface area contributed by atoms with Crippen LogP contribution in [0.3, 0.4) is 0 Å². The fourth-order valence-electron chi connectivity index (χ4n) is 0.863. The van der Waals surface area contributed by atoms with Gasteiger partial charge in [0.1, 0.15) is 5.25 Å². The number of carbonyl (C=O) groups excluding carboxylic acids is 2. The van der Waals surface area contributed by atoms with E-state index in [9.17, 15) is 13.8 Å². The SMILES string of the molecule is COC(=O)CC(C)S(=O)C(C)C(N)=O. The van der Waals surface area contributed by atoms with Crippen LogP contribution in [0.25, 0.3) is 0 Å². The van der Waals surface area contributed by atoms with Crippen LogP contribution in [-0.4, -0.2) is 33.7 Å². The number of nitrogens with two attached hydrogens (primary N) is 1. The molecule has 1 amide bonds. The summed E-state index contributed by atoms with van der Waals surface area (Å²) in [5, 5.41) is -1.17. The Balaban J connectivity index is 4.25. The average Bonchev–Trinajstić information content (AvgIpc) is 2.14. The number of amides is 1. The van der Waals surface area contributed by atoms with Gasteiger partial charge in [-0.2, -0.15) is 0 Å². The van der Waals surface area contributed by atoms with Gasteiger partial charge in [-0.15, -0.1) is 0 Å². The molecule has 0 aromatic rings. The minimum atomic E-state index is -1.44. The average molecular weight is 221 g/mol. The van der Waals surface area contributed by atoms with E-state index in [1.165, 1.54) is 14.0 Å². The van der Waals surface area contributed by atoms with Gasteiger partial charge >= 0.3 is 5.97 Å². The quantitative estimate of drug-likeness (QED) is 0.638. The van der Waals surface area contributed by atoms with E-state index >= 15 is 0 Å². The summed E-state index contributed by atoms with van der Waals surface area (Å²) in [7, 11) is -0.178. The van der Waals surface area contributed by atoms with Crippen molar-refractivity contribution in [2.45, 2.75) is 30.8 Å². The molecule has 0 fully saturated rings. The fraction of sp³-hybridized carbons (Fsp3) is 0.750. The number of hydrogen-bond acceptors (Lipinski definition) is 4. The number of ether oxygens (including phenoxy) is 1. The lowest BCUT2D eigenvalue weighted by Crippen LogP contribution is -2.34. The second-order valence-electron chi connectivity index (χ2n) is 2.96. The fourth-order valence-corrected chi connectivity index (χ4v) is 2.09. The van der Waals surface area contributed by atoms with Gasteiger partial charge in [0.2, 0.25) is 5.91 Å². The van der Waals surface area contributed by atoms with Crippen molar-refractivity contribution < 1.29 is 18.5 Å². The van der Waals surface area contributed by atoms with E-state index in [0.29, 0.717) is 0 Å². The number of esters is 1. The molecular weight excluding hydrogens is 206 g/mol.